The molecular weight excluding hydrogens is 408 g/mol. The molecule has 1 atom stereocenters. The number of Topliss-reactive ketones (excluding diaryl/α,β-unsaturated/α-hetero) is 1. The molecule has 1 fully saturated rings. The molecule has 3 aromatic rings. The van der Waals surface area contributed by atoms with Gasteiger partial charge in [0, 0.05) is 56.8 Å². The van der Waals surface area contributed by atoms with Crippen LogP contribution in [-0.2, 0) is 9.53 Å². The summed E-state index contributed by atoms with van der Waals surface area (Å²) in [6, 6.07) is 13.5. The maximum atomic E-state index is 11.8. The molecule has 8 heteroatoms. The number of fused-ring (bicyclic) bond motifs is 1. The number of benzene rings is 2. The summed E-state index contributed by atoms with van der Waals surface area (Å²) < 4.78 is 7.31. The van der Waals surface area contributed by atoms with Crippen LogP contribution in [0.1, 0.15) is 29.2 Å². The van der Waals surface area contributed by atoms with Gasteiger partial charge in [-0.25, -0.2) is 4.98 Å². The average molecular weight is 437 g/mol. The first kappa shape index (κ1) is 22.1. The number of ketones is 1. The highest BCUT2D eigenvalue weighted by molar-refractivity contribution is 5.97. The van der Waals surface area contributed by atoms with Gasteiger partial charge < -0.3 is 14.7 Å². The maximum absolute atomic E-state index is 11.8. The molecule has 0 amide bonds. The maximum Gasteiger partial charge on any atom is 0.170 e. The lowest BCUT2D eigenvalue weighted by Crippen LogP contribution is -2.47. The summed E-state index contributed by atoms with van der Waals surface area (Å²) >= 11 is 0. The van der Waals surface area contributed by atoms with Gasteiger partial charge in [0.25, 0.3) is 0 Å². The number of aliphatic hydroxyl groups excluding tert-OH is 1. The summed E-state index contributed by atoms with van der Waals surface area (Å²) in [7, 11) is 1.48. The van der Waals surface area contributed by atoms with Crippen molar-refractivity contribution in [3.8, 4) is 5.69 Å². The standard InChI is InChI=1S/C24H28N4O4/c1-17(31)18-6-7-22-21(14-18)25-24(23(16-30)32-2)28(22)20-5-3-4-19(15-20)27-10-8-26(9-11-27)12-13-29/h3-7,14-16,23,29H,8-13H2,1-2H3. The van der Waals surface area contributed by atoms with Crippen molar-refractivity contribution in [3.63, 3.8) is 0 Å². The number of ether oxygens (including phenoxy) is 1. The van der Waals surface area contributed by atoms with E-state index >= 15 is 0 Å². The number of imidazole rings is 1. The van der Waals surface area contributed by atoms with Crippen molar-refractivity contribution in [1.29, 1.82) is 0 Å². The molecule has 1 unspecified atom stereocenters. The summed E-state index contributed by atoms with van der Waals surface area (Å²) in [5.41, 5.74) is 3.97. The quantitative estimate of drug-likeness (QED) is 0.428. The van der Waals surface area contributed by atoms with Gasteiger partial charge in [-0.3, -0.25) is 19.1 Å². The Bertz CT molecular complexity index is 1120. The molecule has 1 aliphatic rings. The van der Waals surface area contributed by atoms with E-state index in [0.717, 1.165) is 49.4 Å². The molecule has 32 heavy (non-hydrogen) atoms. The van der Waals surface area contributed by atoms with Crippen molar-refractivity contribution >= 4 is 28.8 Å². The van der Waals surface area contributed by atoms with E-state index in [-0.39, 0.29) is 12.4 Å². The first-order chi connectivity index (χ1) is 15.5. The molecule has 0 saturated carbocycles. The van der Waals surface area contributed by atoms with Crippen LogP contribution in [0.15, 0.2) is 42.5 Å². The lowest BCUT2D eigenvalue weighted by Gasteiger charge is -2.36. The van der Waals surface area contributed by atoms with Crippen LogP contribution in [-0.4, -0.2) is 78.1 Å². The number of piperazine rings is 1. The number of carbonyl (C=O) groups is 2. The third kappa shape index (κ3) is 4.29. The number of aromatic nitrogens is 2. The Morgan fingerprint density at radius 3 is 2.56 bits per heavy atom. The number of aldehydes is 1. The summed E-state index contributed by atoms with van der Waals surface area (Å²) in [6.07, 6.45) is -0.0951. The van der Waals surface area contributed by atoms with E-state index in [2.05, 4.69) is 26.9 Å². The fraction of sp³-hybridized carbons (Fsp3) is 0.375. The summed E-state index contributed by atoms with van der Waals surface area (Å²) in [5, 5.41) is 9.17. The number of β-amino-alcohol motifs (C(OH)–C–C–N with tert-alkyl or cyclic N) is 1. The Hall–Kier alpha value is -3.07. The minimum atomic E-state index is -0.825. The normalized spacial score (nSPS) is 15.8. The van der Waals surface area contributed by atoms with E-state index in [9.17, 15) is 14.7 Å². The number of anilines is 1. The van der Waals surface area contributed by atoms with Crippen LogP contribution in [0.5, 0.6) is 0 Å². The lowest BCUT2D eigenvalue weighted by atomic mass is 10.1. The zero-order valence-electron chi connectivity index (χ0n) is 18.4. The van der Waals surface area contributed by atoms with E-state index in [1.165, 1.54) is 14.0 Å². The average Bonchev–Trinajstić information content (AvgIpc) is 3.19. The third-order valence-electron chi connectivity index (χ3n) is 5.96. The number of hydrogen-bond donors (Lipinski definition) is 1. The molecular formula is C24H28N4O4. The van der Waals surface area contributed by atoms with Crippen LogP contribution in [0.4, 0.5) is 5.69 Å². The van der Waals surface area contributed by atoms with Crippen LogP contribution in [0, 0.1) is 0 Å². The first-order valence-corrected chi connectivity index (χ1v) is 10.8. The SMILES string of the molecule is COC(C=O)c1nc2cc(C(C)=O)ccc2n1-c1cccc(N2CCN(CCO)CC2)c1. The number of carbonyl (C=O) groups excluding carboxylic acids is 2. The zero-order chi connectivity index (χ0) is 22.7. The van der Waals surface area contributed by atoms with Crippen molar-refractivity contribution in [2.24, 2.45) is 0 Å². The summed E-state index contributed by atoms with van der Waals surface area (Å²) in [4.78, 5) is 32.8. The molecule has 0 radical (unpaired) electrons. The number of nitrogens with zero attached hydrogens (tertiary/aromatic N) is 4. The second-order valence-electron chi connectivity index (χ2n) is 7.93. The van der Waals surface area contributed by atoms with Gasteiger partial charge in [0.1, 0.15) is 0 Å². The van der Waals surface area contributed by atoms with Gasteiger partial charge in [0.15, 0.2) is 24.0 Å². The number of aliphatic hydroxyl groups is 1. The van der Waals surface area contributed by atoms with Crippen LogP contribution in [0.3, 0.4) is 0 Å². The monoisotopic (exact) mass is 436 g/mol. The van der Waals surface area contributed by atoms with Crippen molar-refractivity contribution in [1.82, 2.24) is 14.5 Å². The summed E-state index contributed by atoms with van der Waals surface area (Å²) in [5.74, 6) is 0.437. The topological polar surface area (TPSA) is 87.9 Å². The van der Waals surface area contributed by atoms with Crippen LogP contribution in [0.2, 0.25) is 0 Å². The molecule has 168 valence electrons. The third-order valence-corrected chi connectivity index (χ3v) is 5.96. The Morgan fingerprint density at radius 1 is 1.16 bits per heavy atom. The van der Waals surface area contributed by atoms with Gasteiger partial charge in [0.05, 0.1) is 17.6 Å². The molecule has 0 aliphatic carbocycles. The van der Waals surface area contributed by atoms with Crippen molar-refractivity contribution in [2.45, 2.75) is 13.0 Å². The molecule has 8 nitrogen and oxygen atoms in total. The van der Waals surface area contributed by atoms with E-state index in [0.29, 0.717) is 23.4 Å². The Labute approximate surface area is 187 Å². The second kappa shape index (κ2) is 9.60. The highest BCUT2D eigenvalue weighted by Crippen LogP contribution is 2.29. The number of methoxy groups -OCH3 is 1. The molecule has 4 rings (SSSR count). The fourth-order valence-electron chi connectivity index (χ4n) is 4.20. The van der Waals surface area contributed by atoms with Gasteiger partial charge >= 0.3 is 0 Å². The van der Waals surface area contributed by atoms with E-state index < -0.39 is 6.10 Å². The molecule has 2 heterocycles. The van der Waals surface area contributed by atoms with Crippen LogP contribution in [0.25, 0.3) is 16.7 Å². The predicted octanol–water partition coefficient (Wildman–Crippen LogP) is 2.23. The lowest BCUT2D eigenvalue weighted by molar-refractivity contribution is -0.117. The second-order valence-corrected chi connectivity index (χ2v) is 7.93. The minimum Gasteiger partial charge on any atom is -0.395 e. The van der Waals surface area contributed by atoms with Gasteiger partial charge in [-0.1, -0.05) is 6.07 Å². The molecule has 0 spiro atoms. The van der Waals surface area contributed by atoms with E-state index in [1.807, 2.05) is 22.8 Å². The predicted molar refractivity (Wildman–Crippen MR) is 123 cm³/mol. The molecule has 1 aromatic heterocycles. The molecule has 1 aliphatic heterocycles. The van der Waals surface area contributed by atoms with Gasteiger partial charge in [-0.05, 0) is 43.3 Å². The fourth-order valence-corrected chi connectivity index (χ4v) is 4.20. The van der Waals surface area contributed by atoms with Crippen molar-refractivity contribution in [3.05, 3.63) is 53.9 Å². The summed E-state index contributed by atoms with van der Waals surface area (Å²) in [6.45, 7) is 5.94. The van der Waals surface area contributed by atoms with E-state index in [4.69, 9.17) is 4.74 Å². The van der Waals surface area contributed by atoms with Crippen molar-refractivity contribution in [2.75, 3.05) is 51.3 Å². The van der Waals surface area contributed by atoms with Gasteiger partial charge in [0.2, 0.25) is 0 Å². The Balaban J connectivity index is 1.75. The van der Waals surface area contributed by atoms with Gasteiger partial charge in [-0.15, -0.1) is 0 Å². The zero-order valence-corrected chi connectivity index (χ0v) is 18.4. The molecule has 0 bridgehead atoms. The highest BCUT2D eigenvalue weighted by atomic mass is 16.5. The minimum absolute atomic E-state index is 0.0379. The van der Waals surface area contributed by atoms with Crippen molar-refractivity contribution < 1.29 is 19.4 Å². The van der Waals surface area contributed by atoms with E-state index in [1.54, 1.807) is 12.1 Å². The smallest absolute Gasteiger partial charge is 0.170 e. The molecule has 2 aromatic carbocycles. The number of hydrogen-bond acceptors (Lipinski definition) is 7. The van der Waals surface area contributed by atoms with Crippen LogP contribution >= 0.6 is 0 Å². The molecule has 1 N–H and O–H groups in total. The Morgan fingerprint density at radius 2 is 1.91 bits per heavy atom. The van der Waals surface area contributed by atoms with Crippen LogP contribution < -0.4 is 4.90 Å². The highest BCUT2D eigenvalue weighted by Gasteiger charge is 2.22. The molecule has 1 saturated heterocycles. The Kier molecular flexibility index (Phi) is 6.64. The largest absolute Gasteiger partial charge is 0.395 e. The number of rotatable bonds is 8. The first-order valence-electron chi connectivity index (χ1n) is 10.8. The van der Waals surface area contributed by atoms with Gasteiger partial charge in [-0.2, -0.15) is 0 Å².